The van der Waals surface area contributed by atoms with Crippen molar-refractivity contribution in [3.8, 4) is 0 Å². The number of halogens is 4. The molecule has 1 aromatic heterocycles. The zero-order valence-electron chi connectivity index (χ0n) is 15.2. The Morgan fingerprint density at radius 3 is 2.39 bits per heavy atom. The van der Waals surface area contributed by atoms with Gasteiger partial charge in [0.05, 0.1) is 4.70 Å². The zero-order chi connectivity index (χ0) is 20.4. The van der Waals surface area contributed by atoms with Crippen molar-refractivity contribution >= 4 is 55.8 Å². The molecule has 0 atom stereocenters. The predicted molar refractivity (Wildman–Crippen MR) is 111 cm³/mol. The summed E-state index contributed by atoms with van der Waals surface area (Å²) in [4.78, 5) is 20.8. The summed E-state index contributed by atoms with van der Waals surface area (Å²) in [6, 6.07) is 6.55. The van der Waals surface area contributed by atoms with Crippen LogP contribution < -0.4 is 4.90 Å². The van der Waals surface area contributed by atoms with E-state index in [1.54, 1.807) is 0 Å². The molecule has 0 saturated carbocycles. The summed E-state index contributed by atoms with van der Waals surface area (Å²) < 4.78 is 27.9. The van der Waals surface area contributed by atoms with Crippen molar-refractivity contribution in [1.82, 2.24) is 9.88 Å². The molecule has 28 heavy (non-hydrogen) atoms. The van der Waals surface area contributed by atoms with E-state index in [-0.39, 0.29) is 11.4 Å². The highest BCUT2D eigenvalue weighted by Gasteiger charge is 2.23. The molecule has 4 nitrogen and oxygen atoms in total. The molecule has 0 radical (unpaired) electrons. The Bertz CT molecular complexity index is 1010. The number of fused-ring (bicyclic) bond motifs is 1. The maximum atomic E-state index is 14.1. The van der Waals surface area contributed by atoms with Gasteiger partial charge in [0, 0.05) is 28.2 Å². The summed E-state index contributed by atoms with van der Waals surface area (Å²) in [7, 11) is 3.86. The molecule has 0 unspecified atom stereocenters. The molecule has 0 N–H and O–H groups in total. The number of carbonyl (C=O) groups is 1. The summed E-state index contributed by atoms with van der Waals surface area (Å²) in [5.74, 6) is -1.81. The summed E-state index contributed by atoms with van der Waals surface area (Å²) >= 11 is 13.1. The van der Waals surface area contributed by atoms with Crippen molar-refractivity contribution in [2.45, 2.75) is 6.42 Å². The van der Waals surface area contributed by atoms with Gasteiger partial charge in [0.2, 0.25) is 0 Å². The van der Waals surface area contributed by atoms with Crippen LogP contribution in [0.25, 0.3) is 10.2 Å². The number of aromatic nitrogens is 1. The Hall–Kier alpha value is -1.80. The first kappa shape index (κ1) is 20.9. The summed E-state index contributed by atoms with van der Waals surface area (Å²) in [6.45, 7) is 1.10. The molecule has 0 aliphatic carbocycles. The van der Waals surface area contributed by atoms with Gasteiger partial charge in [0.15, 0.2) is 10.9 Å². The number of thiazole rings is 1. The third kappa shape index (κ3) is 4.78. The van der Waals surface area contributed by atoms with Gasteiger partial charge in [0.25, 0.3) is 5.91 Å². The molecule has 1 heterocycles. The van der Waals surface area contributed by atoms with Crippen LogP contribution in [0.15, 0.2) is 30.3 Å². The average molecular weight is 444 g/mol. The monoisotopic (exact) mass is 443 g/mol. The van der Waals surface area contributed by atoms with E-state index in [2.05, 4.69) is 4.98 Å². The van der Waals surface area contributed by atoms with Gasteiger partial charge in [-0.25, -0.2) is 13.8 Å². The minimum Gasteiger partial charge on any atom is -0.309 e. The molecular formula is C19H17Cl2F2N3OS. The first-order valence-electron chi connectivity index (χ1n) is 8.43. The van der Waals surface area contributed by atoms with Crippen molar-refractivity contribution in [2.75, 3.05) is 32.1 Å². The molecule has 3 rings (SSSR count). The van der Waals surface area contributed by atoms with Crippen molar-refractivity contribution in [3.05, 3.63) is 57.6 Å². The Morgan fingerprint density at radius 2 is 1.75 bits per heavy atom. The Kier molecular flexibility index (Phi) is 6.50. The van der Waals surface area contributed by atoms with Gasteiger partial charge in [-0.1, -0.05) is 34.5 Å². The van der Waals surface area contributed by atoms with Gasteiger partial charge in [-0.05, 0) is 51.3 Å². The smallest absolute Gasteiger partial charge is 0.260 e. The standard InChI is InChI=1S/C19H17Cl2F2N3OS/c1-25(2)4-3-5-26(18(27)11-6-12(20)8-13(21)7-11)19-24-17-15(23)9-14(22)10-16(17)28-19/h6-10H,3-5H2,1-2H3. The SMILES string of the molecule is CN(C)CCCN(C(=O)c1cc(Cl)cc(Cl)c1)c1nc2c(F)cc(F)cc2s1. The summed E-state index contributed by atoms with van der Waals surface area (Å²) in [5.41, 5.74) is 0.337. The van der Waals surface area contributed by atoms with Gasteiger partial charge in [0.1, 0.15) is 11.3 Å². The predicted octanol–water partition coefficient (Wildman–Crippen LogP) is 5.48. The lowest BCUT2D eigenvalue weighted by Gasteiger charge is -2.21. The molecular weight excluding hydrogens is 427 g/mol. The number of hydrogen-bond donors (Lipinski definition) is 0. The van der Waals surface area contributed by atoms with E-state index in [0.717, 1.165) is 23.9 Å². The van der Waals surface area contributed by atoms with Crippen LogP contribution in [-0.2, 0) is 0 Å². The van der Waals surface area contributed by atoms with Gasteiger partial charge >= 0.3 is 0 Å². The Morgan fingerprint density at radius 1 is 1.07 bits per heavy atom. The minimum absolute atomic E-state index is 0.0379. The summed E-state index contributed by atoms with van der Waals surface area (Å²) in [6.07, 6.45) is 0.666. The molecule has 0 spiro atoms. The molecule has 0 aliphatic rings. The number of rotatable bonds is 6. The molecule has 3 aromatic rings. The quantitative estimate of drug-likeness (QED) is 0.505. The van der Waals surface area contributed by atoms with Gasteiger partial charge < -0.3 is 4.90 Å². The normalized spacial score (nSPS) is 11.4. The van der Waals surface area contributed by atoms with Crippen LogP contribution in [0.5, 0.6) is 0 Å². The van der Waals surface area contributed by atoms with E-state index in [4.69, 9.17) is 23.2 Å². The number of carbonyl (C=O) groups excluding carboxylic acids is 1. The highest BCUT2D eigenvalue weighted by molar-refractivity contribution is 7.22. The maximum Gasteiger partial charge on any atom is 0.260 e. The van der Waals surface area contributed by atoms with E-state index >= 15 is 0 Å². The molecule has 0 bridgehead atoms. The van der Waals surface area contributed by atoms with Crippen LogP contribution in [0, 0.1) is 11.6 Å². The highest BCUT2D eigenvalue weighted by atomic mass is 35.5. The first-order valence-corrected chi connectivity index (χ1v) is 10.00. The fourth-order valence-electron chi connectivity index (χ4n) is 2.72. The fourth-order valence-corrected chi connectivity index (χ4v) is 4.28. The molecule has 1 amide bonds. The average Bonchev–Trinajstić information content (AvgIpc) is 3.01. The number of hydrogen-bond acceptors (Lipinski definition) is 4. The van der Waals surface area contributed by atoms with Gasteiger partial charge in [-0.3, -0.25) is 9.69 Å². The van der Waals surface area contributed by atoms with Crippen LogP contribution in [0.2, 0.25) is 10.0 Å². The zero-order valence-corrected chi connectivity index (χ0v) is 17.5. The third-order valence-electron chi connectivity index (χ3n) is 3.97. The lowest BCUT2D eigenvalue weighted by atomic mass is 10.2. The maximum absolute atomic E-state index is 14.1. The summed E-state index contributed by atoms with van der Waals surface area (Å²) in [5, 5.41) is 0.961. The number of anilines is 1. The molecule has 148 valence electrons. The van der Waals surface area contributed by atoms with Crippen molar-refractivity contribution in [3.63, 3.8) is 0 Å². The molecule has 9 heteroatoms. The third-order valence-corrected chi connectivity index (χ3v) is 5.44. The van der Waals surface area contributed by atoms with Crippen LogP contribution >= 0.6 is 34.5 Å². The van der Waals surface area contributed by atoms with Crippen LogP contribution in [0.1, 0.15) is 16.8 Å². The minimum atomic E-state index is -0.760. The molecule has 2 aromatic carbocycles. The lowest BCUT2D eigenvalue weighted by Crippen LogP contribution is -2.33. The van der Waals surface area contributed by atoms with E-state index in [9.17, 15) is 13.6 Å². The topological polar surface area (TPSA) is 36.4 Å². The van der Waals surface area contributed by atoms with E-state index in [0.29, 0.717) is 38.4 Å². The highest BCUT2D eigenvalue weighted by Crippen LogP contribution is 2.32. The van der Waals surface area contributed by atoms with E-state index < -0.39 is 11.6 Å². The second kappa shape index (κ2) is 8.69. The van der Waals surface area contributed by atoms with Crippen LogP contribution in [0.3, 0.4) is 0 Å². The van der Waals surface area contributed by atoms with Gasteiger partial charge in [-0.2, -0.15) is 0 Å². The van der Waals surface area contributed by atoms with Crippen molar-refractivity contribution in [1.29, 1.82) is 0 Å². The lowest BCUT2D eigenvalue weighted by molar-refractivity contribution is 0.0986. The van der Waals surface area contributed by atoms with Crippen LogP contribution in [-0.4, -0.2) is 43.0 Å². The molecule has 0 saturated heterocycles. The second-order valence-corrected chi connectivity index (χ2v) is 8.38. The number of amides is 1. The Balaban J connectivity index is 2.01. The van der Waals surface area contributed by atoms with Gasteiger partial charge in [-0.15, -0.1) is 0 Å². The van der Waals surface area contributed by atoms with Crippen molar-refractivity contribution in [2.24, 2.45) is 0 Å². The molecule has 0 fully saturated rings. The largest absolute Gasteiger partial charge is 0.309 e. The molecule has 0 aliphatic heterocycles. The Labute approximate surface area is 175 Å². The van der Waals surface area contributed by atoms with E-state index in [1.807, 2.05) is 19.0 Å². The fraction of sp³-hybridized carbons (Fsp3) is 0.263. The second-order valence-electron chi connectivity index (χ2n) is 6.50. The van der Waals surface area contributed by atoms with Crippen LogP contribution in [0.4, 0.5) is 13.9 Å². The van der Waals surface area contributed by atoms with Crippen molar-refractivity contribution < 1.29 is 13.6 Å². The number of benzene rings is 2. The number of nitrogens with zero attached hydrogens (tertiary/aromatic N) is 3. The van der Waals surface area contributed by atoms with E-state index in [1.165, 1.54) is 29.2 Å². The first-order chi connectivity index (χ1) is 13.2.